The Kier molecular flexibility index (Phi) is 6.52. The van der Waals surface area contributed by atoms with Crippen LogP contribution < -0.4 is 10.1 Å². The van der Waals surface area contributed by atoms with Gasteiger partial charge in [0.1, 0.15) is 5.75 Å². The quantitative estimate of drug-likeness (QED) is 0.756. The van der Waals surface area contributed by atoms with Gasteiger partial charge in [-0.15, -0.1) is 0 Å². The molecule has 26 heavy (non-hydrogen) atoms. The fourth-order valence-corrected chi connectivity index (χ4v) is 2.91. The van der Waals surface area contributed by atoms with Crippen molar-refractivity contribution in [1.82, 2.24) is 14.7 Å². The minimum Gasteiger partial charge on any atom is -0.433 e. The number of nitrogens with zero attached hydrogens (tertiary/aromatic N) is 3. The van der Waals surface area contributed by atoms with E-state index in [4.69, 9.17) is 12.2 Å². The van der Waals surface area contributed by atoms with Gasteiger partial charge >= 0.3 is 6.61 Å². The third-order valence-electron chi connectivity index (χ3n) is 4.17. The Morgan fingerprint density at radius 3 is 2.62 bits per heavy atom. The van der Waals surface area contributed by atoms with Crippen molar-refractivity contribution in [1.29, 1.82) is 0 Å². The molecule has 0 amide bonds. The van der Waals surface area contributed by atoms with Crippen LogP contribution in [0, 0.1) is 20.8 Å². The molecule has 1 N–H and O–H groups in total. The van der Waals surface area contributed by atoms with E-state index >= 15 is 0 Å². The van der Waals surface area contributed by atoms with Gasteiger partial charge in [-0.2, -0.15) is 13.9 Å². The maximum absolute atomic E-state index is 12.6. The predicted octanol–water partition coefficient (Wildman–Crippen LogP) is 4.26. The summed E-state index contributed by atoms with van der Waals surface area (Å²) in [4.78, 5) is 1.85. The first-order chi connectivity index (χ1) is 12.2. The number of anilines is 1. The third-order valence-corrected chi connectivity index (χ3v) is 4.58. The van der Waals surface area contributed by atoms with Crippen LogP contribution in [0.25, 0.3) is 0 Å². The highest BCUT2D eigenvalue weighted by Gasteiger charge is 2.16. The molecule has 0 fully saturated rings. The summed E-state index contributed by atoms with van der Waals surface area (Å²) in [5.41, 5.74) is 4.48. The van der Waals surface area contributed by atoms with E-state index in [-0.39, 0.29) is 5.75 Å². The van der Waals surface area contributed by atoms with E-state index in [1.165, 1.54) is 6.07 Å². The maximum atomic E-state index is 12.6. The molecule has 0 aliphatic heterocycles. The summed E-state index contributed by atoms with van der Waals surface area (Å²) in [6.45, 7) is 6.38. The number of aryl methyl sites for hydroxylation is 3. The van der Waals surface area contributed by atoms with Crippen LogP contribution in [-0.2, 0) is 13.1 Å². The van der Waals surface area contributed by atoms with E-state index in [0.29, 0.717) is 17.3 Å². The smallest absolute Gasteiger partial charge is 0.387 e. The summed E-state index contributed by atoms with van der Waals surface area (Å²) in [5.74, 6) is 0.0625. The van der Waals surface area contributed by atoms with Crippen molar-refractivity contribution in [2.45, 2.75) is 47.4 Å². The Morgan fingerprint density at radius 1 is 1.35 bits per heavy atom. The zero-order chi connectivity index (χ0) is 19.4. The summed E-state index contributed by atoms with van der Waals surface area (Å²) in [6.07, 6.45) is 0. The van der Waals surface area contributed by atoms with E-state index in [1.54, 1.807) is 12.1 Å². The van der Waals surface area contributed by atoms with Crippen molar-refractivity contribution in [3.8, 4) is 5.75 Å². The zero-order valence-corrected chi connectivity index (χ0v) is 16.5. The van der Waals surface area contributed by atoms with Crippen LogP contribution in [-0.4, -0.2) is 33.5 Å². The average Bonchev–Trinajstić information content (AvgIpc) is 2.84. The first-order valence-electron chi connectivity index (χ1n) is 8.33. The van der Waals surface area contributed by atoms with Crippen LogP contribution >= 0.6 is 12.2 Å². The van der Waals surface area contributed by atoms with Crippen molar-refractivity contribution >= 4 is 23.0 Å². The number of rotatable bonds is 6. The van der Waals surface area contributed by atoms with Gasteiger partial charge in [0.25, 0.3) is 0 Å². The summed E-state index contributed by atoms with van der Waals surface area (Å²) in [5, 5.41) is 7.93. The SMILES string of the molecule is CCn1nc(C)c(CN(C)C(=S)Nc2cc(C)ccc2OC(F)F)c1C. The largest absolute Gasteiger partial charge is 0.433 e. The molecule has 0 spiro atoms. The molecule has 2 aromatic rings. The van der Waals surface area contributed by atoms with Gasteiger partial charge in [0, 0.05) is 31.4 Å². The molecule has 0 unspecified atom stereocenters. The van der Waals surface area contributed by atoms with Crippen LogP contribution in [0.1, 0.15) is 29.4 Å². The topological polar surface area (TPSA) is 42.3 Å². The molecule has 0 saturated carbocycles. The molecule has 0 aliphatic carbocycles. The van der Waals surface area contributed by atoms with Gasteiger partial charge in [0.2, 0.25) is 0 Å². The second-order valence-electron chi connectivity index (χ2n) is 6.13. The second kappa shape index (κ2) is 8.44. The molecular weight excluding hydrogens is 358 g/mol. The summed E-state index contributed by atoms with van der Waals surface area (Å²) >= 11 is 5.44. The van der Waals surface area contributed by atoms with E-state index < -0.39 is 6.61 Å². The number of thiocarbonyl (C=S) groups is 1. The van der Waals surface area contributed by atoms with E-state index in [0.717, 1.165) is 29.1 Å². The van der Waals surface area contributed by atoms with Gasteiger partial charge in [0.15, 0.2) is 5.11 Å². The predicted molar refractivity (Wildman–Crippen MR) is 103 cm³/mol. The number of nitrogens with one attached hydrogen (secondary N) is 1. The van der Waals surface area contributed by atoms with E-state index in [1.807, 2.05) is 44.3 Å². The minimum absolute atomic E-state index is 0.0625. The lowest BCUT2D eigenvalue weighted by molar-refractivity contribution is -0.0493. The number of hydrogen-bond acceptors (Lipinski definition) is 3. The highest BCUT2D eigenvalue weighted by molar-refractivity contribution is 7.80. The highest BCUT2D eigenvalue weighted by atomic mass is 32.1. The van der Waals surface area contributed by atoms with Crippen LogP contribution in [0.4, 0.5) is 14.5 Å². The molecule has 0 bridgehead atoms. The highest BCUT2D eigenvalue weighted by Crippen LogP contribution is 2.27. The lowest BCUT2D eigenvalue weighted by Crippen LogP contribution is -2.31. The second-order valence-corrected chi connectivity index (χ2v) is 6.52. The summed E-state index contributed by atoms with van der Waals surface area (Å²) in [6, 6.07) is 4.94. The zero-order valence-electron chi connectivity index (χ0n) is 15.6. The fraction of sp³-hybridized carbons (Fsp3) is 0.444. The normalized spacial score (nSPS) is 10.9. The molecule has 0 atom stereocenters. The molecule has 1 aromatic carbocycles. The molecule has 142 valence electrons. The lowest BCUT2D eigenvalue weighted by Gasteiger charge is -2.22. The van der Waals surface area contributed by atoms with Gasteiger partial charge in [-0.3, -0.25) is 4.68 Å². The first kappa shape index (κ1) is 20.1. The van der Waals surface area contributed by atoms with Crippen LogP contribution in [0.5, 0.6) is 5.75 Å². The van der Waals surface area contributed by atoms with E-state index in [2.05, 4.69) is 15.2 Å². The Balaban J connectivity index is 2.15. The number of alkyl halides is 2. The fourth-order valence-electron chi connectivity index (χ4n) is 2.73. The maximum Gasteiger partial charge on any atom is 0.387 e. The molecule has 0 aliphatic rings. The number of halogens is 2. The molecular formula is C18H24F2N4OS. The van der Waals surface area contributed by atoms with Crippen LogP contribution in [0.3, 0.4) is 0 Å². The minimum atomic E-state index is -2.89. The molecule has 1 aromatic heterocycles. The molecule has 5 nitrogen and oxygen atoms in total. The first-order valence-corrected chi connectivity index (χ1v) is 8.74. The Morgan fingerprint density at radius 2 is 2.04 bits per heavy atom. The Hall–Kier alpha value is -2.22. The number of ether oxygens (including phenoxy) is 1. The third kappa shape index (κ3) is 4.69. The van der Waals surface area contributed by atoms with Crippen molar-refractivity contribution in [3.05, 3.63) is 40.7 Å². The van der Waals surface area contributed by atoms with Gasteiger partial charge in [-0.1, -0.05) is 6.07 Å². The molecule has 0 saturated heterocycles. The van der Waals surface area contributed by atoms with Gasteiger partial charge in [-0.25, -0.2) is 0 Å². The van der Waals surface area contributed by atoms with Crippen LogP contribution in [0.2, 0.25) is 0 Å². The van der Waals surface area contributed by atoms with E-state index in [9.17, 15) is 8.78 Å². The van der Waals surface area contributed by atoms with Crippen LogP contribution in [0.15, 0.2) is 18.2 Å². The molecule has 2 rings (SSSR count). The van der Waals surface area contributed by atoms with Crippen molar-refractivity contribution in [3.63, 3.8) is 0 Å². The summed E-state index contributed by atoms with van der Waals surface area (Å²) < 4.78 is 31.7. The molecule has 8 heteroatoms. The van der Waals surface area contributed by atoms with Gasteiger partial charge in [0.05, 0.1) is 11.4 Å². The number of aromatic nitrogens is 2. The lowest BCUT2D eigenvalue weighted by atomic mass is 10.2. The standard InChI is InChI=1S/C18H24F2N4OS/c1-6-24-13(4)14(12(3)22-24)10-23(5)18(26)21-15-9-11(2)7-8-16(15)25-17(19)20/h7-9,17H,6,10H2,1-5H3,(H,21,26). The number of hydrogen-bond donors (Lipinski definition) is 1. The summed E-state index contributed by atoms with van der Waals surface area (Å²) in [7, 11) is 1.85. The molecule has 0 radical (unpaired) electrons. The van der Waals surface area contributed by atoms with Gasteiger partial charge in [-0.05, 0) is 57.6 Å². The van der Waals surface area contributed by atoms with Crippen molar-refractivity contribution < 1.29 is 13.5 Å². The number of benzene rings is 1. The van der Waals surface area contributed by atoms with Gasteiger partial charge < -0.3 is 15.0 Å². The Bertz CT molecular complexity index is 792. The average molecular weight is 382 g/mol. The Labute approximate surface area is 157 Å². The molecule has 1 heterocycles. The monoisotopic (exact) mass is 382 g/mol. The van der Waals surface area contributed by atoms with Crippen molar-refractivity contribution in [2.24, 2.45) is 0 Å². The van der Waals surface area contributed by atoms with Crippen molar-refractivity contribution in [2.75, 3.05) is 12.4 Å².